The highest BCUT2D eigenvalue weighted by Crippen LogP contribution is 2.39. The quantitative estimate of drug-likeness (QED) is 0.664. The molecule has 0 aromatic heterocycles. The lowest BCUT2D eigenvalue weighted by atomic mass is 9.87. The summed E-state index contributed by atoms with van der Waals surface area (Å²) in [7, 11) is 0. The Balaban J connectivity index is 2.10. The van der Waals surface area contributed by atoms with Gasteiger partial charge in [0.15, 0.2) is 0 Å². The molecule has 0 unspecified atom stereocenters. The molecule has 1 spiro atoms. The molecule has 72 valence electrons. The Morgan fingerprint density at radius 2 is 2.15 bits per heavy atom. The smallest absolute Gasteiger partial charge is 0.115 e. The van der Waals surface area contributed by atoms with Crippen molar-refractivity contribution in [3.05, 3.63) is 24.0 Å². The minimum absolute atomic E-state index is 0.110. The van der Waals surface area contributed by atoms with Crippen molar-refractivity contribution in [2.45, 2.75) is 31.8 Å². The molecule has 13 heavy (non-hydrogen) atoms. The summed E-state index contributed by atoms with van der Waals surface area (Å²) in [4.78, 5) is 0. The zero-order valence-electron chi connectivity index (χ0n) is 8.23. The van der Waals surface area contributed by atoms with E-state index in [1.54, 1.807) is 0 Å². The predicted octanol–water partition coefficient (Wildman–Crippen LogP) is 1.99. The second kappa shape index (κ2) is 3.18. The SMILES string of the molecule is C=CC1=C(C)OC2(CCNCC2)C1. The molecule has 0 amide bonds. The second-order valence-corrected chi connectivity index (χ2v) is 4.00. The van der Waals surface area contributed by atoms with Crippen LogP contribution in [0.5, 0.6) is 0 Å². The monoisotopic (exact) mass is 179 g/mol. The second-order valence-electron chi connectivity index (χ2n) is 4.00. The van der Waals surface area contributed by atoms with E-state index in [9.17, 15) is 0 Å². The third kappa shape index (κ3) is 1.51. The van der Waals surface area contributed by atoms with E-state index in [1.807, 2.05) is 13.0 Å². The van der Waals surface area contributed by atoms with Gasteiger partial charge < -0.3 is 10.1 Å². The number of piperidine rings is 1. The topological polar surface area (TPSA) is 21.3 Å². The van der Waals surface area contributed by atoms with Crippen LogP contribution in [0.4, 0.5) is 0 Å². The maximum atomic E-state index is 5.96. The molecular weight excluding hydrogens is 162 g/mol. The van der Waals surface area contributed by atoms with Gasteiger partial charge in [-0.05, 0) is 38.4 Å². The molecule has 2 heteroatoms. The zero-order chi connectivity index (χ0) is 9.31. The van der Waals surface area contributed by atoms with Crippen LogP contribution >= 0.6 is 0 Å². The first-order chi connectivity index (χ1) is 6.26. The molecule has 1 N–H and O–H groups in total. The lowest BCUT2D eigenvalue weighted by Gasteiger charge is -2.33. The molecule has 0 saturated carbocycles. The Labute approximate surface area is 79.7 Å². The van der Waals surface area contributed by atoms with Gasteiger partial charge in [-0.25, -0.2) is 0 Å². The van der Waals surface area contributed by atoms with E-state index in [1.165, 1.54) is 5.57 Å². The maximum Gasteiger partial charge on any atom is 0.115 e. The van der Waals surface area contributed by atoms with E-state index < -0.39 is 0 Å². The summed E-state index contributed by atoms with van der Waals surface area (Å²) in [5.41, 5.74) is 1.40. The summed E-state index contributed by atoms with van der Waals surface area (Å²) in [6.45, 7) is 8.03. The Hall–Kier alpha value is -0.760. The van der Waals surface area contributed by atoms with Crippen LogP contribution in [-0.4, -0.2) is 18.7 Å². The minimum atomic E-state index is 0.110. The fourth-order valence-corrected chi connectivity index (χ4v) is 2.28. The van der Waals surface area contributed by atoms with E-state index >= 15 is 0 Å². The predicted molar refractivity (Wildman–Crippen MR) is 53.4 cm³/mol. The van der Waals surface area contributed by atoms with Crippen LogP contribution in [0.25, 0.3) is 0 Å². The fourth-order valence-electron chi connectivity index (χ4n) is 2.28. The van der Waals surface area contributed by atoms with Gasteiger partial charge in [-0.1, -0.05) is 12.7 Å². The third-order valence-electron chi connectivity index (χ3n) is 3.10. The molecule has 2 nitrogen and oxygen atoms in total. The maximum absolute atomic E-state index is 5.96. The zero-order valence-corrected chi connectivity index (χ0v) is 8.23. The Bertz CT molecular complexity index is 249. The molecular formula is C11H17NO. The highest BCUT2D eigenvalue weighted by Gasteiger charge is 2.39. The third-order valence-corrected chi connectivity index (χ3v) is 3.10. The van der Waals surface area contributed by atoms with Crippen molar-refractivity contribution in [2.75, 3.05) is 13.1 Å². The largest absolute Gasteiger partial charge is 0.491 e. The highest BCUT2D eigenvalue weighted by molar-refractivity contribution is 5.27. The summed E-state index contributed by atoms with van der Waals surface area (Å²) in [6, 6.07) is 0. The van der Waals surface area contributed by atoms with Crippen LogP contribution in [0.1, 0.15) is 26.2 Å². The van der Waals surface area contributed by atoms with Crippen molar-refractivity contribution in [2.24, 2.45) is 0 Å². The van der Waals surface area contributed by atoms with Gasteiger partial charge in [0, 0.05) is 6.42 Å². The molecule has 0 atom stereocenters. The number of ether oxygens (including phenoxy) is 1. The van der Waals surface area contributed by atoms with E-state index in [-0.39, 0.29) is 5.60 Å². The van der Waals surface area contributed by atoms with Crippen molar-refractivity contribution in [1.82, 2.24) is 5.32 Å². The molecule has 0 aliphatic carbocycles. The van der Waals surface area contributed by atoms with Crippen LogP contribution in [-0.2, 0) is 4.74 Å². The van der Waals surface area contributed by atoms with Gasteiger partial charge >= 0.3 is 0 Å². The normalized spacial score (nSPS) is 26.2. The number of hydrogen-bond acceptors (Lipinski definition) is 2. The van der Waals surface area contributed by atoms with Crippen molar-refractivity contribution < 1.29 is 4.74 Å². The molecule has 0 aromatic rings. The van der Waals surface area contributed by atoms with Gasteiger partial charge in [-0.2, -0.15) is 0 Å². The van der Waals surface area contributed by atoms with Gasteiger partial charge in [-0.3, -0.25) is 0 Å². The molecule has 0 bridgehead atoms. The van der Waals surface area contributed by atoms with Gasteiger partial charge in [-0.15, -0.1) is 0 Å². The average molecular weight is 179 g/mol. The van der Waals surface area contributed by atoms with Gasteiger partial charge in [0.1, 0.15) is 5.60 Å². The lowest BCUT2D eigenvalue weighted by molar-refractivity contribution is 0.000393. The summed E-state index contributed by atoms with van der Waals surface area (Å²) >= 11 is 0. The van der Waals surface area contributed by atoms with Crippen LogP contribution < -0.4 is 5.32 Å². The summed E-state index contributed by atoms with van der Waals surface area (Å²) in [5, 5.41) is 3.36. The molecule has 1 saturated heterocycles. The van der Waals surface area contributed by atoms with Crippen LogP contribution in [0.3, 0.4) is 0 Å². The fraction of sp³-hybridized carbons (Fsp3) is 0.636. The molecule has 0 aromatic carbocycles. The first kappa shape index (κ1) is 8.82. The van der Waals surface area contributed by atoms with Gasteiger partial charge in [0.05, 0.1) is 5.76 Å². The number of nitrogens with one attached hydrogen (secondary N) is 1. The van der Waals surface area contributed by atoms with Gasteiger partial charge in [0.25, 0.3) is 0 Å². The van der Waals surface area contributed by atoms with E-state index in [0.29, 0.717) is 0 Å². The molecule has 2 aliphatic heterocycles. The molecule has 1 fully saturated rings. The van der Waals surface area contributed by atoms with Crippen LogP contribution in [0.15, 0.2) is 24.0 Å². The highest BCUT2D eigenvalue weighted by atomic mass is 16.5. The standard InChI is InChI=1S/C11H17NO/c1-3-10-8-11(13-9(10)2)4-6-12-7-5-11/h3,12H,1,4-8H2,2H3. The lowest BCUT2D eigenvalue weighted by Crippen LogP contribution is -2.41. The Morgan fingerprint density at radius 3 is 2.69 bits per heavy atom. The molecule has 2 heterocycles. The van der Waals surface area contributed by atoms with Crippen molar-refractivity contribution in [3.8, 4) is 0 Å². The number of allylic oxidation sites excluding steroid dienone is 2. The van der Waals surface area contributed by atoms with E-state index in [2.05, 4.69) is 11.9 Å². The Morgan fingerprint density at radius 1 is 1.46 bits per heavy atom. The van der Waals surface area contributed by atoms with Crippen LogP contribution in [0, 0.1) is 0 Å². The molecule has 2 rings (SSSR count). The van der Waals surface area contributed by atoms with Crippen molar-refractivity contribution in [3.63, 3.8) is 0 Å². The van der Waals surface area contributed by atoms with E-state index in [4.69, 9.17) is 4.74 Å². The van der Waals surface area contributed by atoms with Crippen molar-refractivity contribution >= 4 is 0 Å². The number of rotatable bonds is 1. The van der Waals surface area contributed by atoms with Crippen LogP contribution in [0.2, 0.25) is 0 Å². The Kier molecular flexibility index (Phi) is 2.16. The van der Waals surface area contributed by atoms with Gasteiger partial charge in [0.2, 0.25) is 0 Å². The summed E-state index contributed by atoms with van der Waals surface area (Å²) in [6.07, 6.45) is 5.25. The first-order valence-electron chi connectivity index (χ1n) is 4.98. The summed E-state index contributed by atoms with van der Waals surface area (Å²) in [5.74, 6) is 1.08. The summed E-state index contributed by atoms with van der Waals surface area (Å²) < 4.78 is 5.96. The first-order valence-corrected chi connectivity index (χ1v) is 4.98. The number of hydrogen-bond donors (Lipinski definition) is 1. The molecule has 0 radical (unpaired) electrons. The minimum Gasteiger partial charge on any atom is -0.491 e. The average Bonchev–Trinajstić information content (AvgIpc) is 2.44. The molecule has 2 aliphatic rings. The van der Waals surface area contributed by atoms with Crippen molar-refractivity contribution in [1.29, 1.82) is 0 Å². The van der Waals surface area contributed by atoms with E-state index in [0.717, 1.165) is 38.1 Å².